The van der Waals surface area contributed by atoms with Crippen LogP contribution in [-0.2, 0) is 6.54 Å². The summed E-state index contributed by atoms with van der Waals surface area (Å²) in [5.74, 6) is 0.751. The summed E-state index contributed by atoms with van der Waals surface area (Å²) in [7, 11) is 0. The van der Waals surface area contributed by atoms with Crippen LogP contribution in [-0.4, -0.2) is 31.0 Å². The highest BCUT2D eigenvalue weighted by Crippen LogP contribution is 2.34. The molecular formula is C24H20N6S. The molecule has 3 aromatic heterocycles. The van der Waals surface area contributed by atoms with Crippen molar-refractivity contribution in [1.82, 2.24) is 24.7 Å². The van der Waals surface area contributed by atoms with E-state index in [0.29, 0.717) is 11.7 Å². The lowest BCUT2D eigenvalue weighted by Crippen LogP contribution is -2.05. The van der Waals surface area contributed by atoms with Gasteiger partial charge in [-0.3, -0.25) is 4.98 Å². The summed E-state index contributed by atoms with van der Waals surface area (Å²) >= 11 is 1.51. The van der Waals surface area contributed by atoms with E-state index in [9.17, 15) is 0 Å². The van der Waals surface area contributed by atoms with Gasteiger partial charge in [0.05, 0.1) is 23.3 Å². The largest absolute Gasteiger partial charge is 0.364 e. The lowest BCUT2D eigenvalue weighted by atomic mass is 10.1. The molecule has 0 spiro atoms. The summed E-state index contributed by atoms with van der Waals surface area (Å²) in [6.07, 6.45) is 3.77. The van der Waals surface area contributed by atoms with E-state index in [1.807, 2.05) is 77.7 Å². The fraction of sp³-hybridized carbons (Fsp3) is 0.0833. The molecule has 7 heteroatoms. The number of anilines is 1. The second kappa shape index (κ2) is 8.57. The van der Waals surface area contributed by atoms with Crippen LogP contribution in [0.5, 0.6) is 0 Å². The Balaban J connectivity index is 1.72. The predicted molar refractivity (Wildman–Crippen MR) is 125 cm³/mol. The monoisotopic (exact) mass is 424 g/mol. The quantitative estimate of drug-likeness (QED) is 0.298. The topological polar surface area (TPSA) is 68.5 Å². The Morgan fingerprint density at radius 1 is 0.871 bits per heavy atom. The number of aromatic nitrogens is 5. The number of rotatable bonds is 6. The molecule has 0 bridgehead atoms. The smallest absolute Gasteiger partial charge is 0.191 e. The fourth-order valence-electron chi connectivity index (χ4n) is 3.44. The first kappa shape index (κ1) is 19.3. The van der Waals surface area contributed by atoms with Gasteiger partial charge in [0.1, 0.15) is 11.5 Å². The van der Waals surface area contributed by atoms with Crippen molar-refractivity contribution in [3.05, 3.63) is 90.8 Å². The number of nitrogens with one attached hydrogen (secondary N) is 1. The first-order valence-corrected chi connectivity index (χ1v) is 11.2. The molecule has 0 radical (unpaired) electrons. The maximum Gasteiger partial charge on any atom is 0.191 e. The predicted octanol–water partition coefficient (Wildman–Crippen LogP) is 5.21. The zero-order valence-electron chi connectivity index (χ0n) is 16.9. The molecule has 3 heterocycles. The van der Waals surface area contributed by atoms with Crippen LogP contribution in [0.1, 0.15) is 5.69 Å². The van der Waals surface area contributed by atoms with E-state index in [1.54, 1.807) is 6.20 Å². The van der Waals surface area contributed by atoms with Gasteiger partial charge in [0.2, 0.25) is 0 Å². The van der Waals surface area contributed by atoms with Gasteiger partial charge >= 0.3 is 0 Å². The van der Waals surface area contributed by atoms with Crippen molar-refractivity contribution in [1.29, 1.82) is 0 Å². The van der Waals surface area contributed by atoms with Crippen molar-refractivity contribution in [3.8, 4) is 16.9 Å². The van der Waals surface area contributed by atoms with E-state index < -0.39 is 0 Å². The molecule has 5 rings (SSSR count). The molecule has 1 N–H and O–H groups in total. The number of benzene rings is 2. The third kappa shape index (κ3) is 3.87. The average Bonchev–Trinajstić information content (AvgIpc) is 3.24. The molecule has 0 saturated heterocycles. The number of para-hydroxylation sites is 1. The molecule has 2 aromatic carbocycles. The third-order valence-corrected chi connectivity index (χ3v) is 5.45. The minimum atomic E-state index is 0.561. The van der Waals surface area contributed by atoms with E-state index in [4.69, 9.17) is 15.1 Å². The van der Waals surface area contributed by atoms with Gasteiger partial charge in [-0.05, 0) is 30.5 Å². The Labute approximate surface area is 184 Å². The number of fused-ring (bicyclic) bond motifs is 1. The van der Waals surface area contributed by atoms with Gasteiger partial charge in [0.15, 0.2) is 10.8 Å². The first-order valence-electron chi connectivity index (χ1n) is 9.93. The van der Waals surface area contributed by atoms with Gasteiger partial charge in [-0.1, -0.05) is 66.4 Å². The van der Waals surface area contributed by atoms with Crippen LogP contribution in [0.15, 0.2) is 90.2 Å². The standard InChI is InChI=1S/C24H20N6S/c1-31-24-27-22(26-16-18-12-8-9-15-25-18)20-21(17-10-4-2-5-11-17)29-30(23(20)28-24)19-13-6-3-7-14-19/h2-15H,16H2,1H3,(H,26,27,28). The van der Waals surface area contributed by atoms with Crippen LogP contribution in [0, 0.1) is 0 Å². The molecule has 0 atom stereocenters. The van der Waals surface area contributed by atoms with E-state index in [1.165, 1.54) is 11.8 Å². The highest BCUT2D eigenvalue weighted by atomic mass is 32.2. The second-order valence-corrected chi connectivity index (χ2v) is 7.67. The van der Waals surface area contributed by atoms with Crippen LogP contribution in [0.4, 0.5) is 5.82 Å². The zero-order valence-corrected chi connectivity index (χ0v) is 17.8. The Morgan fingerprint density at radius 2 is 1.61 bits per heavy atom. The lowest BCUT2D eigenvalue weighted by Gasteiger charge is -2.09. The van der Waals surface area contributed by atoms with Gasteiger partial charge in [0, 0.05) is 11.8 Å². The summed E-state index contributed by atoms with van der Waals surface area (Å²) in [5, 5.41) is 10.0. The summed E-state index contributed by atoms with van der Waals surface area (Å²) in [4.78, 5) is 14.0. The van der Waals surface area contributed by atoms with Crippen molar-refractivity contribution in [2.45, 2.75) is 11.7 Å². The third-order valence-electron chi connectivity index (χ3n) is 4.90. The molecule has 5 aromatic rings. The van der Waals surface area contributed by atoms with Crippen molar-refractivity contribution in [2.75, 3.05) is 11.6 Å². The fourth-order valence-corrected chi connectivity index (χ4v) is 3.80. The van der Waals surface area contributed by atoms with Gasteiger partial charge in [-0.2, -0.15) is 5.10 Å². The molecular weight excluding hydrogens is 404 g/mol. The van der Waals surface area contributed by atoms with Gasteiger partial charge in [0.25, 0.3) is 0 Å². The Kier molecular flexibility index (Phi) is 5.33. The van der Waals surface area contributed by atoms with Crippen molar-refractivity contribution in [2.24, 2.45) is 0 Å². The number of hydrogen-bond donors (Lipinski definition) is 1. The number of hydrogen-bond acceptors (Lipinski definition) is 6. The molecule has 0 unspecified atom stereocenters. The lowest BCUT2D eigenvalue weighted by molar-refractivity contribution is 0.879. The Hall–Kier alpha value is -3.71. The molecule has 6 nitrogen and oxygen atoms in total. The Bertz CT molecular complexity index is 1300. The highest BCUT2D eigenvalue weighted by Gasteiger charge is 2.20. The highest BCUT2D eigenvalue weighted by molar-refractivity contribution is 7.98. The normalized spacial score (nSPS) is 11.0. The molecule has 0 aliphatic carbocycles. The van der Waals surface area contributed by atoms with Gasteiger partial charge in [-0.15, -0.1) is 0 Å². The van der Waals surface area contributed by atoms with E-state index >= 15 is 0 Å². The van der Waals surface area contributed by atoms with E-state index in [-0.39, 0.29) is 0 Å². The molecule has 152 valence electrons. The second-order valence-electron chi connectivity index (χ2n) is 6.89. The van der Waals surface area contributed by atoms with E-state index in [0.717, 1.165) is 39.5 Å². The van der Waals surface area contributed by atoms with Crippen molar-refractivity contribution in [3.63, 3.8) is 0 Å². The van der Waals surface area contributed by atoms with Gasteiger partial charge in [-0.25, -0.2) is 14.6 Å². The maximum absolute atomic E-state index is 4.97. The Morgan fingerprint density at radius 3 is 2.32 bits per heavy atom. The minimum Gasteiger partial charge on any atom is -0.364 e. The average molecular weight is 425 g/mol. The molecule has 0 aliphatic heterocycles. The van der Waals surface area contributed by atoms with Gasteiger partial charge < -0.3 is 5.32 Å². The number of thioether (sulfide) groups is 1. The first-order chi connectivity index (χ1) is 15.3. The molecule has 0 aliphatic rings. The number of pyridine rings is 1. The van der Waals surface area contributed by atoms with Crippen molar-refractivity contribution < 1.29 is 0 Å². The minimum absolute atomic E-state index is 0.561. The molecule has 0 amide bonds. The zero-order chi connectivity index (χ0) is 21.0. The summed E-state index contributed by atoms with van der Waals surface area (Å²) in [5.41, 5.74) is 4.53. The maximum atomic E-state index is 4.97. The summed E-state index contributed by atoms with van der Waals surface area (Å²) < 4.78 is 1.89. The van der Waals surface area contributed by atoms with Crippen LogP contribution in [0.2, 0.25) is 0 Å². The summed E-state index contributed by atoms with van der Waals surface area (Å²) in [6.45, 7) is 0.561. The van der Waals surface area contributed by atoms with Crippen LogP contribution in [0.25, 0.3) is 28.0 Å². The number of nitrogens with zero attached hydrogens (tertiary/aromatic N) is 5. The molecule has 0 saturated carbocycles. The molecule has 31 heavy (non-hydrogen) atoms. The van der Waals surface area contributed by atoms with Crippen LogP contribution < -0.4 is 5.32 Å². The SMILES string of the molecule is CSc1nc(NCc2ccccn2)c2c(-c3ccccc3)nn(-c3ccccc3)c2n1. The van der Waals surface area contributed by atoms with Crippen LogP contribution in [0.3, 0.4) is 0 Å². The molecule has 0 fully saturated rings. The van der Waals surface area contributed by atoms with E-state index in [2.05, 4.69) is 22.4 Å². The summed E-state index contributed by atoms with van der Waals surface area (Å²) in [6, 6.07) is 26.1. The van der Waals surface area contributed by atoms with Crippen molar-refractivity contribution >= 4 is 28.6 Å². The van der Waals surface area contributed by atoms with Crippen LogP contribution >= 0.6 is 11.8 Å².